The van der Waals surface area contributed by atoms with Gasteiger partial charge in [0.2, 0.25) is 0 Å². The summed E-state index contributed by atoms with van der Waals surface area (Å²) in [5.74, 6) is 0.773. The quantitative estimate of drug-likeness (QED) is 0.898. The number of aryl methyl sites for hydroxylation is 1. The fraction of sp³-hybridized carbons (Fsp3) is 0.647. The summed E-state index contributed by atoms with van der Waals surface area (Å²) in [4.78, 5) is 0. The lowest BCUT2D eigenvalue weighted by molar-refractivity contribution is 0.00851. The van der Waals surface area contributed by atoms with E-state index in [2.05, 4.69) is 43.4 Å². The van der Waals surface area contributed by atoms with Gasteiger partial charge in [-0.15, -0.1) is 0 Å². The third-order valence-corrected chi connectivity index (χ3v) is 4.61. The van der Waals surface area contributed by atoms with Crippen LogP contribution in [0.5, 0.6) is 0 Å². The van der Waals surface area contributed by atoms with Crippen molar-refractivity contribution in [2.24, 2.45) is 0 Å². The van der Waals surface area contributed by atoms with E-state index in [1.165, 1.54) is 36.8 Å². The van der Waals surface area contributed by atoms with Gasteiger partial charge in [0.1, 0.15) is 0 Å². The first kappa shape index (κ1) is 13.1. The molecule has 1 saturated carbocycles. The van der Waals surface area contributed by atoms with Gasteiger partial charge in [-0.25, -0.2) is 0 Å². The average Bonchev–Trinajstić information content (AvgIpc) is 2.33. The van der Waals surface area contributed by atoms with E-state index in [-0.39, 0.29) is 0 Å². The third kappa shape index (κ3) is 3.18. The summed E-state index contributed by atoms with van der Waals surface area (Å²) in [5, 5.41) is 3.82. The molecule has 2 unspecified atom stereocenters. The van der Waals surface area contributed by atoms with Crippen LogP contribution in [0.2, 0.25) is 0 Å². The summed E-state index contributed by atoms with van der Waals surface area (Å²) in [7, 11) is 0. The molecule has 1 aromatic rings. The van der Waals surface area contributed by atoms with Gasteiger partial charge in [-0.05, 0) is 51.0 Å². The zero-order valence-corrected chi connectivity index (χ0v) is 12.1. The topological polar surface area (TPSA) is 21.3 Å². The molecule has 1 N–H and O–H groups in total. The maximum Gasteiger partial charge on any atom is 0.0561 e. The second-order valence-electron chi connectivity index (χ2n) is 6.35. The van der Waals surface area contributed by atoms with Crippen LogP contribution in [0.15, 0.2) is 24.3 Å². The zero-order chi connectivity index (χ0) is 13.2. The molecular weight excluding hydrogens is 234 g/mol. The van der Waals surface area contributed by atoms with E-state index >= 15 is 0 Å². The molecule has 0 amide bonds. The number of rotatable bonds is 3. The Labute approximate surface area is 116 Å². The van der Waals surface area contributed by atoms with Gasteiger partial charge in [-0.1, -0.05) is 29.8 Å². The molecule has 1 aliphatic carbocycles. The number of hydrogen-bond donors (Lipinski definition) is 1. The Hall–Kier alpha value is -0.860. The summed E-state index contributed by atoms with van der Waals surface area (Å²) < 4.78 is 5.60. The molecule has 1 aromatic carbocycles. The first-order chi connectivity index (χ1) is 9.20. The molecule has 2 aliphatic rings. The number of hydrogen-bond acceptors (Lipinski definition) is 2. The van der Waals surface area contributed by atoms with Crippen LogP contribution in [0, 0.1) is 6.92 Å². The highest BCUT2D eigenvalue weighted by Crippen LogP contribution is 2.37. The van der Waals surface area contributed by atoms with Crippen LogP contribution in [0.4, 0.5) is 0 Å². The Morgan fingerprint density at radius 3 is 2.74 bits per heavy atom. The second-order valence-corrected chi connectivity index (χ2v) is 6.35. The summed E-state index contributed by atoms with van der Waals surface area (Å²) in [6, 6.07) is 10.4. The molecule has 1 heterocycles. The van der Waals surface area contributed by atoms with Gasteiger partial charge in [0.25, 0.3) is 0 Å². The number of benzene rings is 1. The van der Waals surface area contributed by atoms with E-state index in [0.717, 1.165) is 18.6 Å². The SMILES string of the molecule is Cc1cccc(C2CC(NC3CCOC(C)C3)C2)c1. The summed E-state index contributed by atoms with van der Waals surface area (Å²) in [6.45, 7) is 5.29. The highest BCUT2D eigenvalue weighted by Gasteiger charge is 2.32. The lowest BCUT2D eigenvalue weighted by Gasteiger charge is -2.40. The molecule has 19 heavy (non-hydrogen) atoms. The van der Waals surface area contributed by atoms with Gasteiger partial charge < -0.3 is 10.1 Å². The van der Waals surface area contributed by atoms with E-state index in [0.29, 0.717) is 12.1 Å². The highest BCUT2D eigenvalue weighted by atomic mass is 16.5. The molecule has 2 fully saturated rings. The molecule has 3 rings (SSSR count). The normalized spacial score (nSPS) is 34.8. The summed E-state index contributed by atoms with van der Waals surface area (Å²) in [5.41, 5.74) is 2.91. The van der Waals surface area contributed by atoms with Crippen molar-refractivity contribution >= 4 is 0 Å². The fourth-order valence-corrected chi connectivity index (χ4v) is 3.43. The van der Waals surface area contributed by atoms with Crippen LogP contribution < -0.4 is 5.32 Å². The van der Waals surface area contributed by atoms with Gasteiger partial charge in [0, 0.05) is 18.7 Å². The van der Waals surface area contributed by atoms with Gasteiger partial charge in [-0.3, -0.25) is 0 Å². The predicted octanol–water partition coefficient (Wildman–Crippen LogP) is 3.40. The number of ether oxygens (including phenoxy) is 1. The van der Waals surface area contributed by atoms with Crippen molar-refractivity contribution in [1.29, 1.82) is 0 Å². The maximum atomic E-state index is 5.60. The Morgan fingerprint density at radius 1 is 1.16 bits per heavy atom. The maximum absolute atomic E-state index is 5.60. The molecule has 0 aromatic heterocycles. The van der Waals surface area contributed by atoms with Gasteiger partial charge in [-0.2, -0.15) is 0 Å². The van der Waals surface area contributed by atoms with E-state index < -0.39 is 0 Å². The van der Waals surface area contributed by atoms with E-state index in [9.17, 15) is 0 Å². The molecule has 0 bridgehead atoms. The molecule has 1 saturated heterocycles. The first-order valence-electron chi connectivity index (χ1n) is 7.65. The van der Waals surface area contributed by atoms with Crippen molar-refractivity contribution in [3.05, 3.63) is 35.4 Å². The fourth-order valence-electron chi connectivity index (χ4n) is 3.43. The van der Waals surface area contributed by atoms with E-state index in [4.69, 9.17) is 4.74 Å². The van der Waals surface area contributed by atoms with Crippen molar-refractivity contribution in [3.63, 3.8) is 0 Å². The van der Waals surface area contributed by atoms with Crippen LogP contribution in [0.3, 0.4) is 0 Å². The molecule has 1 aliphatic heterocycles. The van der Waals surface area contributed by atoms with Crippen LogP contribution in [0.25, 0.3) is 0 Å². The van der Waals surface area contributed by atoms with Crippen molar-refractivity contribution in [1.82, 2.24) is 5.32 Å². The average molecular weight is 259 g/mol. The Balaban J connectivity index is 1.47. The van der Waals surface area contributed by atoms with Crippen LogP contribution >= 0.6 is 0 Å². The van der Waals surface area contributed by atoms with Crippen molar-refractivity contribution < 1.29 is 4.74 Å². The van der Waals surface area contributed by atoms with E-state index in [1.807, 2.05) is 0 Å². The molecule has 2 nitrogen and oxygen atoms in total. The molecule has 0 spiro atoms. The lowest BCUT2D eigenvalue weighted by atomic mass is 9.75. The smallest absolute Gasteiger partial charge is 0.0561 e. The zero-order valence-electron chi connectivity index (χ0n) is 12.1. The summed E-state index contributed by atoms with van der Waals surface area (Å²) >= 11 is 0. The van der Waals surface area contributed by atoms with Crippen LogP contribution in [0.1, 0.15) is 49.7 Å². The number of nitrogens with one attached hydrogen (secondary N) is 1. The van der Waals surface area contributed by atoms with Crippen molar-refractivity contribution in [2.45, 2.75) is 63.6 Å². The van der Waals surface area contributed by atoms with Gasteiger partial charge in [0.15, 0.2) is 0 Å². The molecule has 2 atom stereocenters. The van der Waals surface area contributed by atoms with Crippen LogP contribution in [-0.2, 0) is 4.74 Å². The second kappa shape index (κ2) is 5.64. The van der Waals surface area contributed by atoms with Crippen molar-refractivity contribution in [3.8, 4) is 0 Å². The van der Waals surface area contributed by atoms with Gasteiger partial charge in [0.05, 0.1) is 6.10 Å². The minimum absolute atomic E-state index is 0.430. The Kier molecular flexibility index (Phi) is 3.90. The Morgan fingerprint density at radius 2 is 2.00 bits per heavy atom. The first-order valence-corrected chi connectivity index (χ1v) is 7.65. The minimum Gasteiger partial charge on any atom is -0.378 e. The molecular formula is C17H25NO. The monoisotopic (exact) mass is 259 g/mol. The molecule has 2 heteroatoms. The third-order valence-electron chi connectivity index (χ3n) is 4.61. The van der Waals surface area contributed by atoms with Gasteiger partial charge >= 0.3 is 0 Å². The highest BCUT2D eigenvalue weighted by molar-refractivity contribution is 5.27. The Bertz CT molecular complexity index is 425. The van der Waals surface area contributed by atoms with Crippen LogP contribution in [-0.4, -0.2) is 24.8 Å². The van der Waals surface area contributed by atoms with Crippen molar-refractivity contribution in [2.75, 3.05) is 6.61 Å². The summed E-state index contributed by atoms with van der Waals surface area (Å²) in [6.07, 6.45) is 5.38. The molecule has 0 radical (unpaired) electrons. The largest absolute Gasteiger partial charge is 0.378 e. The van der Waals surface area contributed by atoms with E-state index in [1.54, 1.807) is 0 Å². The standard InChI is InChI=1S/C17H25NO/c1-12-4-3-5-14(8-12)15-10-17(11-15)18-16-6-7-19-13(2)9-16/h3-5,8,13,15-18H,6-7,9-11H2,1-2H3. The predicted molar refractivity (Wildman–Crippen MR) is 78.5 cm³/mol. The minimum atomic E-state index is 0.430. The molecule has 104 valence electrons. The lowest BCUT2D eigenvalue weighted by Crippen LogP contribution is -2.48.